The molecule has 0 aliphatic heterocycles. The molecule has 0 aliphatic carbocycles. The first-order valence-corrected chi connectivity index (χ1v) is 4.73. The highest BCUT2D eigenvalue weighted by molar-refractivity contribution is 5.86. The average Bonchev–Trinajstić information content (AvgIpc) is 2.26. The van der Waals surface area contributed by atoms with E-state index in [4.69, 9.17) is 5.11 Å². The largest absolute Gasteiger partial charge is 0.478 e. The van der Waals surface area contributed by atoms with Crippen molar-refractivity contribution in [1.29, 1.82) is 0 Å². The molecule has 2 nitrogen and oxygen atoms in total. The minimum Gasteiger partial charge on any atom is -0.478 e. The maximum atomic E-state index is 10.7. The Kier molecular flexibility index (Phi) is 3.86. The van der Waals surface area contributed by atoms with Crippen LogP contribution in [0.2, 0.25) is 0 Å². The number of allylic oxidation sites excluding steroid dienone is 1. The van der Waals surface area contributed by atoms with Crippen molar-refractivity contribution in [1.82, 2.24) is 0 Å². The van der Waals surface area contributed by atoms with Gasteiger partial charge in [0.25, 0.3) is 0 Å². The first-order chi connectivity index (χ1) is 7.15. The Labute approximate surface area is 89.6 Å². The summed E-state index contributed by atoms with van der Waals surface area (Å²) in [5.41, 5.74) is 1.28. The number of rotatable bonds is 5. The minimum absolute atomic E-state index is 0.189. The molecule has 1 N–H and O–H groups in total. The zero-order valence-corrected chi connectivity index (χ0v) is 8.52. The first-order valence-electron chi connectivity index (χ1n) is 4.73. The fourth-order valence-corrected chi connectivity index (χ4v) is 1.38. The second-order valence-electron chi connectivity index (χ2n) is 3.36. The van der Waals surface area contributed by atoms with Gasteiger partial charge in [-0.15, -0.1) is 6.58 Å². The summed E-state index contributed by atoms with van der Waals surface area (Å²) in [6.45, 7) is 7.19. The van der Waals surface area contributed by atoms with E-state index < -0.39 is 5.97 Å². The van der Waals surface area contributed by atoms with Crippen molar-refractivity contribution < 1.29 is 9.90 Å². The van der Waals surface area contributed by atoms with Gasteiger partial charge in [-0.05, 0) is 12.0 Å². The van der Waals surface area contributed by atoms with Crippen LogP contribution in [-0.4, -0.2) is 11.1 Å². The van der Waals surface area contributed by atoms with E-state index in [0.717, 1.165) is 5.56 Å². The van der Waals surface area contributed by atoms with Crippen LogP contribution in [0.3, 0.4) is 0 Å². The number of aliphatic carboxylic acids is 1. The molecular formula is C13H14O2. The van der Waals surface area contributed by atoms with E-state index in [1.165, 1.54) is 0 Å². The molecule has 1 aromatic rings. The van der Waals surface area contributed by atoms with Crippen LogP contribution in [-0.2, 0) is 11.2 Å². The first kappa shape index (κ1) is 11.2. The third-order valence-electron chi connectivity index (χ3n) is 2.31. The Morgan fingerprint density at radius 3 is 2.47 bits per heavy atom. The van der Waals surface area contributed by atoms with Crippen LogP contribution in [0.5, 0.6) is 0 Å². The summed E-state index contributed by atoms with van der Waals surface area (Å²) in [6, 6.07) is 9.72. The maximum Gasteiger partial charge on any atom is 0.331 e. The second-order valence-corrected chi connectivity index (χ2v) is 3.36. The van der Waals surface area contributed by atoms with Crippen LogP contribution in [0.25, 0.3) is 0 Å². The van der Waals surface area contributed by atoms with E-state index in [9.17, 15) is 4.79 Å². The van der Waals surface area contributed by atoms with Gasteiger partial charge in [0.2, 0.25) is 0 Å². The topological polar surface area (TPSA) is 37.3 Å². The van der Waals surface area contributed by atoms with Crippen LogP contribution in [0.1, 0.15) is 5.56 Å². The van der Waals surface area contributed by atoms with Gasteiger partial charge in [-0.25, -0.2) is 4.79 Å². The number of carboxylic acids is 1. The Morgan fingerprint density at radius 1 is 1.40 bits per heavy atom. The van der Waals surface area contributed by atoms with Gasteiger partial charge in [0.05, 0.1) is 0 Å². The number of carbonyl (C=O) groups is 1. The van der Waals surface area contributed by atoms with Gasteiger partial charge in [0.15, 0.2) is 0 Å². The van der Waals surface area contributed by atoms with E-state index in [-0.39, 0.29) is 11.5 Å². The molecule has 15 heavy (non-hydrogen) atoms. The molecule has 2 heteroatoms. The molecule has 0 radical (unpaired) electrons. The van der Waals surface area contributed by atoms with Crippen LogP contribution in [0.15, 0.2) is 55.1 Å². The summed E-state index contributed by atoms with van der Waals surface area (Å²) in [6.07, 6.45) is 2.26. The number of benzene rings is 1. The second kappa shape index (κ2) is 5.15. The maximum absolute atomic E-state index is 10.7. The molecule has 0 amide bonds. The fraction of sp³-hybridized carbons (Fsp3) is 0.154. The average molecular weight is 202 g/mol. The van der Waals surface area contributed by atoms with E-state index in [1.54, 1.807) is 6.08 Å². The quantitative estimate of drug-likeness (QED) is 0.588. The van der Waals surface area contributed by atoms with Gasteiger partial charge < -0.3 is 5.11 Å². The van der Waals surface area contributed by atoms with Gasteiger partial charge in [0, 0.05) is 11.5 Å². The smallest absolute Gasteiger partial charge is 0.331 e. The summed E-state index contributed by atoms with van der Waals surface area (Å²) < 4.78 is 0. The molecule has 0 fully saturated rings. The van der Waals surface area contributed by atoms with Crippen molar-refractivity contribution in [3.05, 3.63) is 60.7 Å². The standard InChI is InChI=1S/C13H14O2/c1-3-12(10(2)13(14)15)9-11-7-5-4-6-8-11/h3-8,12H,1-2,9H2,(H,14,15). The lowest BCUT2D eigenvalue weighted by Gasteiger charge is -2.11. The van der Waals surface area contributed by atoms with Crippen LogP contribution >= 0.6 is 0 Å². The normalized spacial score (nSPS) is 11.7. The molecule has 0 saturated carbocycles. The van der Waals surface area contributed by atoms with E-state index in [1.807, 2.05) is 30.3 Å². The van der Waals surface area contributed by atoms with Crippen molar-refractivity contribution in [2.45, 2.75) is 6.42 Å². The molecule has 0 aliphatic rings. The lowest BCUT2D eigenvalue weighted by atomic mass is 9.93. The van der Waals surface area contributed by atoms with Gasteiger partial charge in [0.1, 0.15) is 0 Å². The monoisotopic (exact) mass is 202 g/mol. The van der Waals surface area contributed by atoms with Gasteiger partial charge in [-0.2, -0.15) is 0 Å². The van der Waals surface area contributed by atoms with Crippen molar-refractivity contribution in [3.8, 4) is 0 Å². The van der Waals surface area contributed by atoms with Gasteiger partial charge >= 0.3 is 5.97 Å². The Balaban J connectivity index is 2.74. The fourth-order valence-electron chi connectivity index (χ4n) is 1.38. The van der Waals surface area contributed by atoms with E-state index in [0.29, 0.717) is 6.42 Å². The third-order valence-corrected chi connectivity index (χ3v) is 2.31. The molecule has 0 aromatic heterocycles. The zero-order chi connectivity index (χ0) is 11.3. The molecule has 0 spiro atoms. The summed E-state index contributed by atoms with van der Waals surface area (Å²) >= 11 is 0. The van der Waals surface area contributed by atoms with Crippen molar-refractivity contribution >= 4 is 5.97 Å². The van der Waals surface area contributed by atoms with Crippen molar-refractivity contribution in [3.63, 3.8) is 0 Å². The lowest BCUT2D eigenvalue weighted by Crippen LogP contribution is -2.11. The van der Waals surface area contributed by atoms with Crippen molar-refractivity contribution in [2.24, 2.45) is 5.92 Å². The molecule has 1 rings (SSSR count). The lowest BCUT2D eigenvalue weighted by molar-refractivity contribution is -0.133. The molecule has 1 unspecified atom stereocenters. The summed E-state index contributed by atoms with van der Waals surface area (Å²) in [7, 11) is 0. The Morgan fingerprint density at radius 2 is 2.00 bits per heavy atom. The predicted molar refractivity (Wildman–Crippen MR) is 60.6 cm³/mol. The third kappa shape index (κ3) is 3.09. The molecule has 0 bridgehead atoms. The van der Waals surface area contributed by atoms with E-state index in [2.05, 4.69) is 13.2 Å². The Hall–Kier alpha value is -1.83. The molecule has 0 heterocycles. The van der Waals surface area contributed by atoms with Gasteiger partial charge in [-0.3, -0.25) is 0 Å². The number of hydrogen-bond acceptors (Lipinski definition) is 1. The molecular weight excluding hydrogens is 188 g/mol. The minimum atomic E-state index is -0.962. The molecule has 78 valence electrons. The summed E-state index contributed by atoms with van der Waals surface area (Å²) in [5, 5.41) is 8.81. The molecule has 1 atom stereocenters. The highest BCUT2D eigenvalue weighted by Crippen LogP contribution is 2.17. The summed E-state index contributed by atoms with van der Waals surface area (Å²) in [4.78, 5) is 10.7. The van der Waals surface area contributed by atoms with Crippen LogP contribution in [0.4, 0.5) is 0 Å². The zero-order valence-electron chi connectivity index (χ0n) is 8.52. The SMILES string of the molecule is C=CC(Cc1ccccc1)C(=C)C(=O)O. The van der Waals surface area contributed by atoms with Crippen LogP contribution < -0.4 is 0 Å². The van der Waals surface area contributed by atoms with Gasteiger partial charge in [-0.1, -0.05) is 43.0 Å². The number of carboxylic acid groups (broad SMARTS) is 1. The molecule has 1 aromatic carbocycles. The Bertz CT molecular complexity index is 365. The van der Waals surface area contributed by atoms with E-state index >= 15 is 0 Å². The number of hydrogen-bond donors (Lipinski definition) is 1. The highest BCUT2D eigenvalue weighted by atomic mass is 16.4. The highest BCUT2D eigenvalue weighted by Gasteiger charge is 2.15. The van der Waals surface area contributed by atoms with Crippen LogP contribution in [0, 0.1) is 5.92 Å². The predicted octanol–water partition coefficient (Wildman–Crippen LogP) is 2.67. The summed E-state index contributed by atoms with van der Waals surface area (Å²) in [5.74, 6) is -1.17. The van der Waals surface area contributed by atoms with Crippen molar-refractivity contribution in [2.75, 3.05) is 0 Å². The molecule has 0 saturated heterocycles.